The Morgan fingerprint density at radius 2 is 0.931 bits per heavy atom. The molecule has 4 heteroatoms. The lowest BCUT2D eigenvalue weighted by atomic mass is 9.98. The van der Waals surface area contributed by atoms with Crippen LogP contribution in [0.5, 0.6) is 0 Å². The van der Waals surface area contributed by atoms with Crippen molar-refractivity contribution in [1.29, 1.82) is 0 Å². The molecule has 9 aromatic carbocycles. The van der Waals surface area contributed by atoms with E-state index in [-0.39, 0.29) is 0 Å². The van der Waals surface area contributed by atoms with E-state index in [9.17, 15) is 0 Å². The summed E-state index contributed by atoms with van der Waals surface area (Å²) < 4.78 is 4.79. The van der Waals surface area contributed by atoms with E-state index in [0.717, 1.165) is 60.9 Å². The van der Waals surface area contributed by atoms with E-state index in [1.165, 1.54) is 43.7 Å². The van der Waals surface area contributed by atoms with Crippen LogP contribution < -0.4 is 0 Å². The highest BCUT2D eigenvalue weighted by Crippen LogP contribution is 2.42. The Morgan fingerprint density at radius 3 is 1.78 bits per heavy atom. The van der Waals surface area contributed by atoms with Crippen molar-refractivity contribution < 1.29 is 0 Å². The van der Waals surface area contributed by atoms with Crippen molar-refractivity contribution in [2.75, 3.05) is 0 Å². The van der Waals surface area contributed by atoms with Crippen LogP contribution in [0, 0.1) is 0 Å². The van der Waals surface area contributed by atoms with Gasteiger partial charge in [0.2, 0.25) is 0 Å². The molecule has 12 aromatic rings. The number of nitrogens with zero attached hydrogens (tertiary/aromatic N) is 4. The zero-order chi connectivity index (χ0) is 38.2. The van der Waals surface area contributed by atoms with Gasteiger partial charge in [0.05, 0.1) is 33.3 Å². The Labute approximate surface area is 334 Å². The van der Waals surface area contributed by atoms with E-state index in [1.807, 2.05) is 6.07 Å². The first kappa shape index (κ1) is 32.4. The maximum absolute atomic E-state index is 5.31. The Bertz CT molecular complexity index is 3560. The second-order valence-electron chi connectivity index (χ2n) is 15.0. The number of para-hydroxylation sites is 3. The number of hydrogen-bond donors (Lipinski definition) is 0. The fraction of sp³-hybridized carbons (Fsp3) is 0. The third-order valence-corrected chi connectivity index (χ3v) is 11.7. The van der Waals surface area contributed by atoms with Gasteiger partial charge in [-0.15, -0.1) is 0 Å². The summed E-state index contributed by atoms with van der Waals surface area (Å²) in [4.78, 5) is 10.6. The lowest BCUT2D eigenvalue weighted by Crippen LogP contribution is -1.98. The van der Waals surface area contributed by atoms with E-state index >= 15 is 0 Å². The minimum Gasteiger partial charge on any atom is -0.309 e. The lowest BCUT2D eigenvalue weighted by Gasteiger charge is -2.13. The molecule has 0 unspecified atom stereocenters. The third kappa shape index (κ3) is 4.95. The van der Waals surface area contributed by atoms with Crippen LogP contribution in [-0.4, -0.2) is 19.1 Å². The molecule has 270 valence electrons. The summed E-state index contributed by atoms with van der Waals surface area (Å²) in [5, 5.41) is 8.26. The number of aromatic nitrogens is 4. The van der Waals surface area contributed by atoms with E-state index in [4.69, 9.17) is 9.97 Å². The SMILES string of the molecule is c1ccc(-c2nc(-c3cccc(-n4c5ccccc5c5c(-c6ccc7c8ccccc8n(-c8ccccc8)c7c6)cccc54)c3)nc3c2ccc2ccccc23)cc1. The molecule has 0 saturated heterocycles. The first-order valence-corrected chi connectivity index (χ1v) is 19.8. The van der Waals surface area contributed by atoms with Crippen molar-refractivity contribution in [3.05, 3.63) is 206 Å². The monoisotopic (exact) mass is 738 g/mol. The fourth-order valence-electron chi connectivity index (χ4n) is 9.12. The molecule has 0 N–H and O–H groups in total. The first-order chi connectivity index (χ1) is 28.8. The molecule has 0 spiro atoms. The minimum atomic E-state index is 0.702. The van der Waals surface area contributed by atoms with Gasteiger partial charge in [0.25, 0.3) is 0 Å². The van der Waals surface area contributed by atoms with Gasteiger partial charge in [0, 0.05) is 54.8 Å². The molecule has 12 rings (SSSR count). The minimum absolute atomic E-state index is 0.702. The third-order valence-electron chi connectivity index (χ3n) is 11.7. The Morgan fingerprint density at radius 1 is 0.328 bits per heavy atom. The second kappa shape index (κ2) is 12.9. The molecule has 0 fully saturated rings. The summed E-state index contributed by atoms with van der Waals surface area (Å²) in [5.74, 6) is 0.702. The number of fused-ring (bicyclic) bond motifs is 9. The Kier molecular flexibility index (Phi) is 7.20. The van der Waals surface area contributed by atoms with E-state index in [1.54, 1.807) is 0 Å². The molecular weight excluding hydrogens is 705 g/mol. The summed E-state index contributed by atoms with van der Waals surface area (Å²) in [6.45, 7) is 0. The predicted octanol–water partition coefficient (Wildman–Crippen LogP) is 14.0. The van der Waals surface area contributed by atoms with Crippen LogP contribution in [-0.2, 0) is 0 Å². The summed E-state index contributed by atoms with van der Waals surface area (Å²) in [6.07, 6.45) is 0. The van der Waals surface area contributed by atoms with Crippen LogP contribution in [0.3, 0.4) is 0 Å². The molecule has 4 nitrogen and oxygen atoms in total. The molecular formula is C54H34N4. The van der Waals surface area contributed by atoms with Crippen molar-refractivity contribution in [3.8, 4) is 45.1 Å². The molecule has 0 amide bonds. The Balaban J connectivity index is 1.07. The van der Waals surface area contributed by atoms with E-state index in [0.29, 0.717) is 5.82 Å². The molecule has 0 aliphatic heterocycles. The standard InChI is InChI=1S/C54H34N4/c1-3-16-36(17-4-1)52-46-32-29-35-15-7-8-22-42(35)53(46)56-54(55-52)38-18-13-21-40(33-38)58-48-27-12-10-24-45(48)51-41(25-14-28-49(51)58)37-30-31-44-43-23-9-11-26-47(43)57(50(44)34-37)39-19-5-2-6-20-39/h1-34H. The van der Waals surface area contributed by atoms with Crippen molar-refractivity contribution >= 4 is 65.3 Å². The zero-order valence-electron chi connectivity index (χ0n) is 31.4. The molecule has 0 bridgehead atoms. The van der Waals surface area contributed by atoms with E-state index < -0.39 is 0 Å². The average molecular weight is 739 g/mol. The van der Waals surface area contributed by atoms with E-state index in [2.05, 4.69) is 209 Å². The molecule has 0 saturated carbocycles. The molecule has 3 aromatic heterocycles. The van der Waals surface area contributed by atoms with Gasteiger partial charge in [0.1, 0.15) is 0 Å². The van der Waals surface area contributed by atoms with Gasteiger partial charge in [-0.05, 0) is 71.1 Å². The second-order valence-corrected chi connectivity index (χ2v) is 15.0. The van der Waals surface area contributed by atoms with Gasteiger partial charge in [0.15, 0.2) is 5.82 Å². The zero-order valence-corrected chi connectivity index (χ0v) is 31.4. The Hall–Kier alpha value is -7.82. The highest BCUT2D eigenvalue weighted by molar-refractivity contribution is 6.17. The highest BCUT2D eigenvalue weighted by atomic mass is 15.0. The first-order valence-electron chi connectivity index (χ1n) is 19.8. The van der Waals surface area contributed by atoms with Gasteiger partial charge in [-0.1, -0.05) is 152 Å². The smallest absolute Gasteiger partial charge is 0.160 e. The molecule has 0 radical (unpaired) electrons. The average Bonchev–Trinajstić information content (AvgIpc) is 3.82. The molecule has 0 aliphatic carbocycles. The summed E-state index contributed by atoms with van der Waals surface area (Å²) in [5.41, 5.74) is 13.2. The molecule has 3 heterocycles. The van der Waals surface area contributed by atoms with Crippen LogP contribution in [0.25, 0.3) is 110 Å². The summed E-state index contributed by atoms with van der Waals surface area (Å²) >= 11 is 0. The molecule has 0 atom stereocenters. The van der Waals surface area contributed by atoms with Crippen molar-refractivity contribution in [2.24, 2.45) is 0 Å². The van der Waals surface area contributed by atoms with Crippen LogP contribution in [0.1, 0.15) is 0 Å². The number of rotatable bonds is 5. The van der Waals surface area contributed by atoms with Gasteiger partial charge in [-0.25, -0.2) is 9.97 Å². The van der Waals surface area contributed by atoms with Crippen LogP contribution in [0.4, 0.5) is 0 Å². The quantitative estimate of drug-likeness (QED) is 0.165. The maximum atomic E-state index is 5.31. The largest absolute Gasteiger partial charge is 0.309 e. The summed E-state index contributed by atoms with van der Waals surface area (Å²) in [6, 6.07) is 73.8. The maximum Gasteiger partial charge on any atom is 0.160 e. The number of benzene rings is 9. The normalized spacial score (nSPS) is 11.8. The van der Waals surface area contributed by atoms with Crippen molar-refractivity contribution in [1.82, 2.24) is 19.1 Å². The van der Waals surface area contributed by atoms with Gasteiger partial charge >= 0.3 is 0 Å². The van der Waals surface area contributed by atoms with Gasteiger partial charge in [-0.3, -0.25) is 0 Å². The predicted molar refractivity (Wildman–Crippen MR) is 242 cm³/mol. The summed E-state index contributed by atoms with van der Waals surface area (Å²) in [7, 11) is 0. The molecule has 0 aliphatic rings. The lowest BCUT2D eigenvalue weighted by molar-refractivity contribution is 1.17. The fourth-order valence-corrected chi connectivity index (χ4v) is 9.12. The highest BCUT2D eigenvalue weighted by Gasteiger charge is 2.20. The van der Waals surface area contributed by atoms with Gasteiger partial charge in [-0.2, -0.15) is 0 Å². The van der Waals surface area contributed by atoms with Crippen molar-refractivity contribution in [2.45, 2.75) is 0 Å². The number of hydrogen-bond acceptors (Lipinski definition) is 2. The van der Waals surface area contributed by atoms with Crippen LogP contribution >= 0.6 is 0 Å². The van der Waals surface area contributed by atoms with Crippen molar-refractivity contribution in [3.63, 3.8) is 0 Å². The molecule has 58 heavy (non-hydrogen) atoms. The topological polar surface area (TPSA) is 35.6 Å². The van der Waals surface area contributed by atoms with Crippen LogP contribution in [0.15, 0.2) is 206 Å². The van der Waals surface area contributed by atoms with Crippen LogP contribution in [0.2, 0.25) is 0 Å². The van der Waals surface area contributed by atoms with Gasteiger partial charge < -0.3 is 9.13 Å².